The van der Waals surface area contributed by atoms with E-state index in [-0.39, 0.29) is 31.4 Å². The molecule has 5 atom stereocenters. The number of hydrogen-bond donors (Lipinski definition) is 2. The van der Waals surface area contributed by atoms with E-state index < -0.39 is 53.2 Å². The van der Waals surface area contributed by atoms with Crippen LogP contribution in [0, 0.1) is 12.8 Å². The van der Waals surface area contributed by atoms with E-state index in [2.05, 4.69) is 24.5 Å². The highest BCUT2D eigenvalue weighted by Crippen LogP contribution is 2.46. The Morgan fingerprint density at radius 2 is 1.90 bits per heavy atom. The molecule has 0 unspecified atom stereocenters. The first kappa shape index (κ1) is 37.9. The lowest BCUT2D eigenvalue weighted by Crippen LogP contribution is -2.56. The number of hydrogen-bond acceptors (Lipinski definition) is 9. The highest BCUT2D eigenvalue weighted by atomic mass is 16.6. The van der Waals surface area contributed by atoms with Crippen molar-refractivity contribution in [1.29, 1.82) is 0 Å². The predicted octanol–water partition coefficient (Wildman–Crippen LogP) is 5.88. The van der Waals surface area contributed by atoms with Gasteiger partial charge in [0.1, 0.15) is 40.8 Å². The Hall–Kier alpha value is -4.35. The average molecular weight is 707 g/mol. The van der Waals surface area contributed by atoms with Gasteiger partial charge >= 0.3 is 12.1 Å². The Morgan fingerprint density at radius 3 is 2.59 bits per heavy atom. The standard InChI is InChI=1S/C39H54N4O8/c1-9-49-36(46)39-21-25(39)15-13-11-10-12-14-16-28(41-37(47)51-38(5,6)7)35(45)43-22-26(19-30(43)34(44)42-39)50-32-20-29(23(2)3)40-33-24(4)31(48-8)18-17-27(32)33/h13,15,17-18,20,23,25-26,28,30H,9-12,14,16,19,21-22H2,1-8H3,(H,41,47)(H,42,44)/b15-13-/t25-,26-,28+,30+,39-/m1/s1. The summed E-state index contributed by atoms with van der Waals surface area (Å²) in [6.07, 6.45) is 6.92. The number of rotatable bonds is 7. The molecule has 5 rings (SSSR count). The van der Waals surface area contributed by atoms with Gasteiger partial charge in [-0.2, -0.15) is 0 Å². The molecule has 1 aliphatic carbocycles. The number of fused-ring (bicyclic) bond motifs is 3. The van der Waals surface area contributed by atoms with Crippen molar-refractivity contribution < 1.29 is 38.1 Å². The van der Waals surface area contributed by atoms with Gasteiger partial charge in [0.25, 0.3) is 0 Å². The first-order valence-electron chi connectivity index (χ1n) is 18.3. The second-order valence-electron chi connectivity index (χ2n) is 15.2. The van der Waals surface area contributed by atoms with Crippen molar-refractivity contribution in [1.82, 2.24) is 20.5 Å². The highest BCUT2D eigenvalue weighted by Gasteiger charge is 2.62. The van der Waals surface area contributed by atoms with Crippen molar-refractivity contribution in [3.8, 4) is 11.5 Å². The molecule has 1 saturated heterocycles. The molecule has 278 valence electrons. The second-order valence-corrected chi connectivity index (χ2v) is 15.2. The van der Waals surface area contributed by atoms with Crippen molar-refractivity contribution in [3.63, 3.8) is 0 Å². The second kappa shape index (κ2) is 15.5. The fraction of sp³-hybridized carbons (Fsp3) is 0.615. The van der Waals surface area contributed by atoms with Crippen molar-refractivity contribution in [2.45, 2.75) is 129 Å². The van der Waals surface area contributed by atoms with Gasteiger partial charge in [-0.15, -0.1) is 0 Å². The molecule has 3 heterocycles. The summed E-state index contributed by atoms with van der Waals surface area (Å²) < 4.78 is 23.2. The predicted molar refractivity (Wildman–Crippen MR) is 193 cm³/mol. The molecule has 51 heavy (non-hydrogen) atoms. The number of benzene rings is 1. The summed E-state index contributed by atoms with van der Waals surface area (Å²) in [6.45, 7) is 13.4. The number of carbonyl (C=O) groups is 4. The van der Waals surface area contributed by atoms with Gasteiger partial charge in [-0.3, -0.25) is 14.6 Å². The number of carbonyl (C=O) groups excluding carboxylic acids is 4. The lowest BCUT2D eigenvalue weighted by molar-refractivity contribution is -0.150. The number of alkyl carbamates (subject to hydrolysis) is 1. The van der Waals surface area contributed by atoms with Gasteiger partial charge in [-0.05, 0) is 78.4 Å². The Bertz CT molecular complexity index is 1670. The van der Waals surface area contributed by atoms with Crippen molar-refractivity contribution >= 4 is 34.8 Å². The van der Waals surface area contributed by atoms with Crippen LogP contribution >= 0.6 is 0 Å². The molecule has 12 nitrogen and oxygen atoms in total. The lowest BCUT2D eigenvalue weighted by atomic mass is 10.0. The summed E-state index contributed by atoms with van der Waals surface area (Å²) in [7, 11) is 1.62. The van der Waals surface area contributed by atoms with Crippen LogP contribution in [0.4, 0.5) is 4.79 Å². The number of pyridine rings is 1. The van der Waals surface area contributed by atoms with E-state index in [1.165, 1.54) is 4.90 Å². The third-order valence-electron chi connectivity index (χ3n) is 9.84. The number of nitrogens with one attached hydrogen (secondary N) is 2. The number of aryl methyl sites for hydroxylation is 1. The zero-order valence-corrected chi connectivity index (χ0v) is 31.3. The molecule has 3 aliphatic rings. The van der Waals surface area contributed by atoms with Gasteiger partial charge in [0, 0.05) is 35.0 Å². The average Bonchev–Trinajstić information content (AvgIpc) is 3.59. The monoisotopic (exact) mass is 706 g/mol. The summed E-state index contributed by atoms with van der Waals surface area (Å²) in [6, 6.07) is 3.81. The van der Waals surface area contributed by atoms with Gasteiger partial charge in [0.05, 0.1) is 25.8 Å². The van der Waals surface area contributed by atoms with E-state index in [0.29, 0.717) is 30.8 Å². The van der Waals surface area contributed by atoms with Gasteiger partial charge in [-0.1, -0.05) is 38.8 Å². The van der Waals surface area contributed by atoms with Crippen molar-refractivity contribution in [2.24, 2.45) is 5.92 Å². The van der Waals surface area contributed by atoms with Gasteiger partial charge in [0.15, 0.2) is 0 Å². The molecule has 1 aromatic heterocycles. The minimum absolute atomic E-state index is 0.0924. The molecular formula is C39H54N4O8. The molecule has 2 aromatic rings. The first-order valence-corrected chi connectivity index (χ1v) is 18.3. The Balaban J connectivity index is 1.51. The van der Waals surface area contributed by atoms with E-state index in [1.54, 1.807) is 34.8 Å². The minimum atomic E-state index is -1.20. The normalized spacial score (nSPS) is 26.3. The van der Waals surface area contributed by atoms with Crippen LogP contribution in [0.1, 0.15) is 104 Å². The third kappa shape index (κ3) is 8.59. The topological polar surface area (TPSA) is 145 Å². The molecule has 1 saturated carbocycles. The third-order valence-corrected chi connectivity index (χ3v) is 9.84. The fourth-order valence-corrected chi connectivity index (χ4v) is 7.03. The molecule has 3 amide bonds. The lowest BCUT2D eigenvalue weighted by Gasteiger charge is -2.30. The Morgan fingerprint density at radius 1 is 1.14 bits per heavy atom. The van der Waals surface area contributed by atoms with Crippen LogP contribution in [0.25, 0.3) is 10.9 Å². The van der Waals surface area contributed by atoms with Crippen LogP contribution in [0.2, 0.25) is 0 Å². The van der Waals surface area contributed by atoms with E-state index in [4.69, 9.17) is 23.9 Å². The molecular weight excluding hydrogens is 652 g/mol. The molecule has 0 bridgehead atoms. The van der Waals surface area contributed by atoms with Crippen LogP contribution in [-0.2, 0) is 23.9 Å². The quantitative estimate of drug-likeness (QED) is 0.267. The van der Waals surface area contributed by atoms with Gasteiger partial charge < -0.3 is 34.5 Å². The largest absolute Gasteiger partial charge is 0.496 e. The minimum Gasteiger partial charge on any atom is -0.496 e. The fourth-order valence-electron chi connectivity index (χ4n) is 7.03. The SMILES string of the molecule is CCOC(=O)[C@@]12C[C@H]1/C=C\CCCCC[C@H](NC(=O)OC(C)(C)C)C(=O)N1C[C@H](Oc3cc(C(C)C)nc4c(C)c(OC)ccc34)C[C@H]1C(=O)N2. The number of methoxy groups -OCH3 is 1. The number of ether oxygens (including phenoxy) is 4. The summed E-state index contributed by atoms with van der Waals surface area (Å²) >= 11 is 0. The number of allylic oxidation sites excluding steroid dienone is 1. The molecule has 2 N–H and O–H groups in total. The number of nitrogens with zero attached hydrogens (tertiary/aromatic N) is 2. The van der Waals surface area contributed by atoms with Crippen LogP contribution < -0.4 is 20.1 Å². The number of amides is 3. The highest BCUT2D eigenvalue weighted by molar-refractivity contribution is 5.97. The molecule has 0 spiro atoms. The summed E-state index contributed by atoms with van der Waals surface area (Å²) in [5.41, 5.74) is 0.505. The molecule has 12 heteroatoms. The van der Waals surface area contributed by atoms with E-state index in [9.17, 15) is 19.2 Å². The van der Waals surface area contributed by atoms with Gasteiger partial charge in [-0.25, -0.2) is 9.59 Å². The van der Waals surface area contributed by atoms with E-state index in [1.807, 2.05) is 37.3 Å². The summed E-state index contributed by atoms with van der Waals surface area (Å²) in [4.78, 5) is 61.5. The summed E-state index contributed by atoms with van der Waals surface area (Å²) in [5.74, 6) is -0.151. The van der Waals surface area contributed by atoms with E-state index in [0.717, 1.165) is 41.4 Å². The molecule has 2 fully saturated rings. The molecule has 1 aromatic carbocycles. The van der Waals surface area contributed by atoms with Crippen LogP contribution in [0.15, 0.2) is 30.4 Å². The van der Waals surface area contributed by atoms with Crippen LogP contribution in [-0.4, -0.2) is 83.3 Å². The first-order chi connectivity index (χ1) is 24.2. The Kier molecular flexibility index (Phi) is 11.5. The van der Waals surface area contributed by atoms with Crippen molar-refractivity contribution in [2.75, 3.05) is 20.3 Å². The van der Waals surface area contributed by atoms with Crippen LogP contribution in [0.3, 0.4) is 0 Å². The maximum Gasteiger partial charge on any atom is 0.408 e. The smallest absolute Gasteiger partial charge is 0.408 e. The maximum atomic E-state index is 14.5. The van der Waals surface area contributed by atoms with Crippen molar-refractivity contribution in [3.05, 3.63) is 41.6 Å². The number of aromatic nitrogens is 1. The summed E-state index contributed by atoms with van der Waals surface area (Å²) in [5, 5.41) is 6.59. The zero-order valence-electron chi connectivity index (χ0n) is 31.3. The van der Waals surface area contributed by atoms with Gasteiger partial charge in [0.2, 0.25) is 11.8 Å². The van der Waals surface area contributed by atoms with E-state index >= 15 is 0 Å². The number of esters is 1. The maximum absolute atomic E-state index is 14.5. The zero-order chi connectivity index (χ0) is 37.1. The Labute approximate surface area is 301 Å². The van der Waals surface area contributed by atoms with Crippen LogP contribution in [0.5, 0.6) is 11.5 Å². The molecule has 2 aliphatic heterocycles. The molecule has 0 radical (unpaired) electrons.